The van der Waals surface area contributed by atoms with E-state index in [1.165, 1.54) is 11.3 Å². The van der Waals surface area contributed by atoms with Crippen LogP contribution in [0.25, 0.3) is 0 Å². The molecular weight excluding hydrogens is 360 g/mol. The minimum Gasteiger partial charge on any atom is -0.326 e. The van der Waals surface area contributed by atoms with E-state index >= 15 is 0 Å². The SMILES string of the molecule is CC(NS(=O)(=O)c1cc(CN)ccc1Br)c1cccs1. The monoisotopic (exact) mass is 374 g/mol. The molecule has 0 bridgehead atoms. The Morgan fingerprint density at radius 2 is 2.15 bits per heavy atom. The number of nitrogens with two attached hydrogens (primary N) is 1. The lowest BCUT2D eigenvalue weighted by Crippen LogP contribution is -2.26. The van der Waals surface area contributed by atoms with Crippen molar-refractivity contribution < 1.29 is 8.42 Å². The van der Waals surface area contributed by atoms with Gasteiger partial charge in [0.2, 0.25) is 10.0 Å². The molecule has 7 heteroatoms. The van der Waals surface area contributed by atoms with Crippen LogP contribution in [0.4, 0.5) is 0 Å². The van der Waals surface area contributed by atoms with Crippen molar-refractivity contribution in [3.8, 4) is 0 Å². The number of hydrogen-bond acceptors (Lipinski definition) is 4. The molecule has 2 aromatic rings. The second-order valence-electron chi connectivity index (χ2n) is 4.33. The van der Waals surface area contributed by atoms with Crippen molar-refractivity contribution in [2.45, 2.75) is 24.4 Å². The van der Waals surface area contributed by atoms with Crippen molar-refractivity contribution >= 4 is 37.3 Å². The first-order valence-corrected chi connectivity index (χ1v) is 9.14. The largest absolute Gasteiger partial charge is 0.326 e. The van der Waals surface area contributed by atoms with E-state index in [1.807, 2.05) is 24.4 Å². The van der Waals surface area contributed by atoms with E-state index < -0.39 is 10.0 Å². The summed E-state index contributed by atoms with van der Waals surface area (Å²) in [4.78, 5) is 1.18. The first-order valence-electron chi connectivity index (χ1n) is 5.98. The maximum absolute atomic E-state index is 12.4. The van der Waals surface area contributed by atoms with Crippen LogP contribution in [0, 0.1) is 0 Å². The molecule has 0 saturated heterocycles. The van der Waals surface area contributed by atoms with E-state index in [1.54, 1.807) is 18.2 Å². The topological polar surface area (TPSA) is 72.2 Å². The Balaban J connectivity index is 2.31. The molecule has 0 aliphatic rings. The van der Waals surface area contributed by atoms with E-state index in [2.05, 4.69) is 20.7 Å². The molecule has 20 heavy (non-hydrogen) atoms. The Morgan fingerprint density at radius 1 is 1.40 bits per heavy atom. The molecule has 1 heterocycles. The van der Waals surface area contributed by atoms with Crippen LogP contribution in [0.3, 0.4) is 0 Å². The molecule has 0 radical (unpaired) electrons. The molecule has 1 unspecified atom stereocenters. The van der Waals surface area contributed by atoms with Crippen LogP contribution >= 0.6 is 27.3 Å². The average molecular weight is 375 g/mol. The van der Waals surface area contributed by atoms with Gasteiger partial charge in [-0.1, -0.05) is 12.1 Å². The predicted molar refractivity (Wildman–Crippen MR) is 85.1 cm³/mol. The average Bonchev–Trinajstić information content (AvgIpc) is 2.92. The van der Waals surface area contributed by atoms with Gasteiger partial charge in [0.1, 0.15) is 0 Å². The van der Waals surface area contributed by atoms with Gasteiger partial charge in [-0.25, -0.2) is 13.1 Å². The first kappa shape index (κ1) is 15.7. The van der Waals surface area contributed by atoms with Gasteiger partial charge in [-0.2, -0.15) is 0 Å². The summed E-state index contributed by atoms with van der Waals surface area (Å²) in [6.45, 7) is 2.13. The fraction of sp³-hybridized carbons (Fsp3) is 0.231. The number of thiophene rings is 1. The smallest absolute Gasteiger partial charge is 0.242 e. The molecule has 0 amide bonds. The van der Waals surface area contributed by atoms with E-state index in [4.69, 9.17) is 5.73 Å². The van der Waals surface area contributed by atoms with Crippen LogP contribution in [0.2, 0.25) is 0 Å². The Hall–Kier alpha value is -0.730. The standard InChI is InChI=1S/C13H15BrN2O2S2/c1-9(12-3-2-6-19-12)16-20(17,18)13-7-10(8-15)4-5-11(13)14/h2-7,9,16H,8,15H2,1H3. The minimum absolute atomic E-state index is 0.212. The van der Waals surface area contributed by atoms with Crippen LogP contribution in [0.1, 0.15) is 23.4 Å². The first-order chi connectivity index (χ1) is 9.44. The predicted octanol–water partition coefficient (Wildman–Crippen LogP) is 3.01. The molecule has 0 fully saturated rings. The van der Waals surface area contributed by atoms with Gasteiger partial charge in [-0.05, 0) is 52.0 Å². The normalized spacial score (nSPS) is 13.3. The summed E-state index contributed by atoms with van der Waals surface area (Å²) >= 11 is 4.80. The molecule has 0 aliphatic heterocycles. The van der Waals surface area contributed by atoms with Crippen LogP contribution in [-0.2, 0) is 16.6 Å². The van der Waals surface area contributed by atoms with Crippen LogP contribution in [0.15, 0.2) is 45.1 Å². The van der Waals surface area contributed by atoms with Crippen molar-refractivity contribution in [1.29, 1.82) is 0 Å². The van der Waals surface area contributed by atoms with Gasteiger partial charge < -0.3 is 5.73 Å². The molecular formula is C13H15BrN2O2S2. The van der Waals surface area contributed by atoms with Gasteiger partial charge >= 0.3 is 0 Å². The van der Waals surface area contributed by atoms with Gasteiger partial charge in [-0.3, -0.25) is 0 Å². The highest BCUT2D eigenvalue weighted by Crippen LogP contribution is 2.26. The third-order valence-electron chi connectivity index (χ3n) is 2.82. The van der Waals surface area contributed by atoms with E-state index in [0.717, 1.165) is 10.4 Å². The summed E-state index contributed by atoms with van der Waals surface area (Å²) in [5, 5.41) is 1.92. The fourth-order valence-electron chi connectivity index (χ4n) is 1.77. The highest BCUT2D eigenvalue weighted by Gasteiger charge is 2.21. The van der Waals surface area contributed by atoms with Gasteiger partial charge in [0.05, 0.1) is 10.9 Å². The van der Waals surface area contributed by atoms with Crippen molar-refractivity contribution in [3.05, 3.63) is 50.6 Å². The van der Waals surface area contributed by atoms with Gasteiger partial charge in [0.15, 0.2) is 0 Å². The molecule has 0 saturated carbocycles. The molecule has 4 nitrogen and oxygen atoms in total. The number of halogens is 1. The van der Waals surface area contributed by atoms with Gasteiger partial charge in [-0.15, -0.1) is 11.3 Å². The quantitative estimate of drug-likeness (QED) is 0.844. The Labute approximate surface area is 131 Å². The zero-order valence-corrected chi connectivity index (χ0v) is 14.1. The van der Waals surface area contributed by atoms with Crippen molar-refractivity contribution in [1.82, 2.24) is 4.72 Å². The Bertz CT molecular complexity index is 684. The second kappa shape index (κ2) is 6.36. The van der Waals surface area contributed by atoms with Crippen LogP contribution in [-0.4, -0.2) is 8.42 Å². The Morgan fingerprint density at radius 3 is 2.75 bits per heavy atom. The lowest BCUT2D eigenvalue weighted by atomic mass is 10.2. The zero-order valence-electron chi connectivity index (χ0n) is 10.8. The summed E-state index contributed by atoms with van der Waals surface area (Å²) in [7, 11) is -3.59. The number of hydrogen-bond donors (Lipinski definition) is 2. The lowest BCUT2D eigenvalue weighted by molar-refractivity contribution is 0.568. The second-order valence-corrected chi connectivity index (χ2v) is 7.84. The number of nitrogens with one attached hydrogen (secondary N) is 1. The summed E-state index contributed by atoms with van der Waals surface area (Å²) in [5.74, 6) is 0. The molecule has 0 spiro atoms. The third-order valence-corrected chi connectivity index (χ3v) is 6.41. The molecule has 3 N–H and O–H groups in total. The molecule has 1 aromatic carbocycles. The molecule has 0 aliphatic carbocycles. The minimum atomic E-state index is -3.59. The molecule has 2 rings (SSSR count). The molecule has 1 aromatic heterocycles. The maximum atomic E-state index is 12.4. The highest BCUT2D eigenvalue weighted by atomic mass is 79.9. The molecule has 108 valence electrons. The summed E-state index contributed by atoms with van der Waals surface area (Å²) in [5.41, 5.74) is 6.34. The maximum Gasteiger partial charge on any atom is 0.242 e. The Kier molecular flexibility index (Phi) is 4.98. The summed E-state index contributed by atoms with van der Waals surface area (Å²) in [6, 6.07) is 8.62. The molecule has 1 atom stereocenters. The van der Waals surface area contributed by atoms with Crippen molar-refractivity contribution in [3.63, 3.8) is 0 Å². The van der Waals surface area contributed by atoms with Crippen LogP contribution in [0.5, 0.6) is 0 Å². The number of sulfonamides is 1. The lowest BCUT2D eigenvalue weighted by Gasteiger charge is -2.14. The zero-order chi connectivity index (χ0) is 14.8. The summed E-state index contributed by atoms with van der Waals surface area (Å²) in [6.07, 6.45) is 0. The van der Waals surface area contributed by atoms with E-state index in [9.17, 15) is 8.42 Å². The van der Waals surface area contributed by atoms with Gasteiger partial charge in [0.25, 0.3) is 0 Å². The number of benzene rings is 1. The van der Waals surface area contributed by atoms with Crippen molar-refractivity contribution in [2.24, 2.45) is 5.73 Å². The highest BCUT2D eigenvalue weighted by molar-refractivity contribution is 9.10. The van der Waals surface area contributed by atoms with Gasteiger partial charge in [0, 0.05) is 15.9 Å². The third kappa shape index (κ3) is 3.48. The van der Waals surface area contributed by atoms with Crippen LogP contribution < -0.4 is 10.5 Å². The fourth-order valence-corrected chi connectivity index (χ4v) is 4.82. The van der Waals surface area contributed by atoms with E-state index in [-0.39, 0.29) is 10.9 Å². The van der Waals surface area contributed by atoms with E-state index in [0.29, 0.717) is 11.0 Å². The summed E-state index contributed by atoms with van der Waals surface area (Å²) < 4.78 is 28.1. The van der Waals surface area contributed by atoms with Crippen molar-refractivity contribution in [2.75, 3.05) is 0 Å². The number of rotatable bonds is 5.